The summed E-state index contributed by atoms with van der Waals surface area (Å²) in [5.74, 6) is 1.76. The quantitative estimate of drug-likeness (QED) is 0.858. The number of anilines is 1. The van der Waals surface area contributed by atoms with Crippen LogP contribution in [0, 0.1) is 0 Å². The summed E-state index contributed by atoms with van der Waals surface area (Å²) in [6.45, 7) is 4.80. The molecule has 2 aromatic rings. The van der Waals surface area contributed by atoms with E-state index >= 15 is 0 Å². The van der Waals surface area contributed by atoms with Crippen LogP contribution in [0.25, 0.3) is 0 Å². The van der Waals surface area contributed by atoms with Crippen LogP contribution in [0.5, 0.6) is 11.5 Å². The predicted molar refractivity (Wildman–Crippen MR) is 82.5 cm³/mol. The van der Waals surface area contributed by atoms with Gasteiger partial charge in [0.25, 0.3) is 0 Å². The van der Waals surface area contributed by atoms with Gasteiger partial charge in [-0.2, -0.15) is 0 Å². The highest BCUT2D eigenvalue weighted by atomic mass is 16.5. The smallest absolute Gasteiger partial charge is 0.141 e. The minimum absolute atomic E-state index is 0.201. The van der Waals surface area contributed by atoms with E-state index in [0.717, 1.165) is 23.7 Å². The zero-order valence-electron chi connectivity index (χ0n) is 12.2. The Labute approximate surface area is 120 Å². The molecule has 0 atom stereocenters. The number of hydrogen-bond acceptors (Lipinski definition) is 3. The fourth-order valence-electron chi connectivity index (χ4n) is 1.95. The van der Waals surface area contributed by atoms with Crippen molar-refractivity contribution in [3.63, 3.8) is 0 Å². The van der Waals surface area contributed by atoms with Crippen LogP contribution in [0.4, 0.5) is 5.69 Å². The van der Waals surface area contributed by atoms with E-state index in [0.29, 0.717) is 0 Å². The lowest BCUT2D eigenvalue weighted by Gasteiger charge is -2.12. The molecule has 0 radical (unpaired) electrons. The van der Waals surface area contributed by atoms with Crippen molar-refractivity contribution in [3.05, 3.63) is 54.1 Å². The largest absolute Gasteiger partial charge is 0.495 e. The van der Waals surface area contributed by atoms with Crippen LogP contribution < -0.4 is 14.8 Å². The van der Waals surface area contributed by atoms with Crippen LogP contribution in [0.2, 0.25) is 0 Å². The molecule has 0 aliphatic carbocycles. The van der Waals surface area contributed by atoms with Gasteiger partial charge < -0.3 is 14.8 Å². The molecule has 3 heteroatoms. The topological polar surface area (TPSA) is 30.5 Å². The van der Waals surface area contributed by atoms with Gasteiger partial charge in [0.15, 0.2) is 0 Å². The third kappa shape index (κ3) is 3.92. The van der Waals surface area contributed by atoms with Gasteiger partial charge in [0.1, 0.15) is 11.5 Å². The second-order valence-corrected chi connectivity index (χ2v) is 4.86. The summed E-state index contributed by atoms with van der Waals surface area (Å²) in [4.78, 5) is 0. The Bertz CT molecular complexity index is 535. The van der Waals surface area contributed by atoms with Gasteiger partial charge in [0, 0.05) is 6.54 Å². The molecule has 0 aliphatic rings. The molecule has 0 saturated carbocycles. The Morgan fingerprint density at radius 3 is 2.35 bits per heavy atom. The van der Waals surface area contributed by atoms with Crippen LogP contribution in [-0.2, 0) is 6.54 Å². The number of ether oxygens (including phenoxy) is 2. The van der Waals surface area contributed by atoms with E-state index in [2.05, 4.69) is 17.4 Å². The number of para-hydroxylation sites is 2. The molecule has 106 valence electrons. The number of methoxy groups -OCH3 is 1. The number of hydrogen-bond donors (Lipinski definition) is 1. The molecule has 0 saturated heterocycles. The molecule has 0 amide bonds. The fourth-order valence-corrected chi connectivity index (χ4v) is 1.95. The van der Waals surface area contributed by atoms with Gasteiger partial charge in [-0.1, -0.05) is 24.3 Å². The van der Waals surface area contributed by atoms with Crippen molar-refractivity contribution in [2.24, 2.45) is 0 Å². The van der Waals surface area contributed by atoms with E-state index < -0.39 is 0 Å². The molecule has 2 rings (SSSR count). The van der Waals surface area contributed by atoms with Crippen LogP contribution >= 0.6 is 0 Å². The maximum Gasteiger partial charge on any atom is 0.141 e. The van der Waals surface area contributed by atoms with Crippen molar-refractivity contribution in [2.75, 3.05) is 12.4 Å². The molecule has 2 aromatic carbocycles. The molecular formula is C17H21NO2. The first-order chi connectivity index (χ1) is 9.69. The first-order valence-electron chi connectivity index (χ1n) is 6.81. The Morgan fingerprint density at radius 2 is 1.70 bits per heavy atom. The number of nitrogens with one attached hydrogen (secondary N) is 1. The SMILES string of the molecule is COc1ccccc1NCc1ccc(OC(C)C)cc1. The van der Waals surface area contributed by atoms with Crippen molar-refractivity contribution >= 4 is 5.69 Å². The van der Waals surface area contributed by atoms with E-state index in [1.54, 1.807) is 7.11 Å². The van der Waals surface area contributed by atoms with E-state index in [9.17, 15) is 0 Å². The Kier molecular flexibility index (Phi) is 4.88. The Morgan fingerprint density at radius 1 is 1.00 bits per heavy atom. The molecule has 1 N–H and O–H groups in total. The predicted octanol–water partition coefficient (Wildman–Crippen LogP) is 4.09. The standard InChI is InChI=1S/C17H21NO2/c1-13(2)20-15-10-8-14(9-11-15)12-18-16-6-4-5-7-17(16)19-3/h4-11,13,18H,12H2,1-3H3. The summed E-state index contributed by atoms with van der Waals surface area (Å²) in [6, 6.07) is 16.0. The average molecular weight is 271 g/mol. The number of benzene rings is 2. The minimum Gasteiger partial charge on any atom is -0.495 e. The zero-order chi connectivity index (χ0) is 14.4. The summed E-state index contributed by atoms with van der Waals surface area (Å²) < 4.78 is 10.9. The molecule has 0 unspecified atom stereocenters. The van der Waals surface area contributed by atoms with Crippen LogP contribution in [0.1, 0.15) is 19.4 Å². The fraction of sp³-hybridized carbons (Fsp3) is 0.294. The second-order valence-electron chi connectivity index (χ2n) is 4.86. The molecular weight excluding hydrogens is 250 g/mol. The van der Waals surface area contributed by atoms with Crippen LogP contribution in [0.15, 0.2) is 48.5 Å². The van der Waals surface area contributed by atoms with Crippen LogP contribution in [0.3, 0.4) is 0 Å². The van der Waals surface area contributed by atoms with Crippen molar-refractivity contribution < 1.29 is 9.47 Å². The van der Waals surface area contributed by atoms with E-state index in [1.165, 1.54) is 5.56 Å². The first kappa shape index (κ1) is 14.3. The van der Waals surface area contributed by atoms with Crippen molar-refractivity contribution in [2.45, 2.75) is 26.5 Å². The second kappa shape index (κ2) is 6.85. The highest BCUT2D eigenvalue weighted by molar-refractivity contribution is 5.56. The summed E-state index contributed by atoms with van der Waals surface area (Å²) >= 11 is 0. The summed E-state index contributed by atoms with van der Waals surface area (Å²) in [5, 5.41) is 3.37. The van der Waals surface area contributed by atoms with Crippen molar-refractivity contribution in [1.29, 1.82) is 0 Å². The number of rotatable bonds is 6. The molecule has 0 aromatic heterocycles. The highest BCUT2D eigenvalue weighted by Gasteiger charge is 2.02. The summed E-state index contributed by atoms with van der Waals surface area (Å²) in [6.07, 6.45) is 0.201. The summed E-state index contributed by atoms with van der Waals surface area (Å²) in [7, 11) is 1.68. The zero-order valence-corrected chi connectivity index (χ0v) is 12.2. The van der Waals surface area contributed by atoms with Gasteiger partial charge in [-0.15, -0.1) is 0 Å². The van der Waals surface area contributed by atoms with Gasteiger partial charge in [0.2, 0.25) is 0 Å². The minimum atomic E-state index is 0.201. The maximum absolute atomic E-state index is 5.63. The lowest BCUT2D eigenvalue weighted by Crippen LogP contribution is -2.05. The van der Waals surface area contributed by atoms with Gasteiger partial charge in [-0.3, -0.25) is 0 Å². The van der Waals surface area contributed by atoms with Gasteiger partial charge in [-0.25, -0.2) is 0 Å². The van der Waals surface area contributed by atoms with Gasteiger partial charge >= 0.3 is 0 Å². The summed E-state index contributed by atoms with van der Waals surface area (Å²) in [5.41, 5.74) is 2.20. The van der Waals surface area contributed by atoms with E-state index in [1.807, 2.05) is 50.2 Å². The van der Waals surface area contributed by atoms with Crippen LogP contribution in [-0.4, -0.2) is 13.2 Å². The Hall–Kier alpha value is -2.16. The molecule has 0 bridgehead atoms. The normalized spacial score (nSPS) is 10.4. The van der Waals surface area contributed by atoms with E-state index in [-0.39, 0.29) is 6.10 Å². The average Bonchev–Trinajstić information content (AvgIpc) is 2.46. The molecule has 0 aliphatic heterocycles. The van der Waals surface area contributed by atoms with Gasteiger partial charge in [-0.05, 0) is 43.7 Å². The van der Waals surface area contributed by atoms with Gasteiger partial charge in [0.05, 0.1) is 18.9 Å². The van der Waals surface area contributed by atoms with E-state index in [4.69, 9.17) is 9.47 Å². The highest BCUT2D eigenvalue weighted by Crippen LogP contribution is 2.24. The van der Waals surface area contributed by atoms with Crippen molar-refractivity contribution in [1.82, 2.24) is 0 Å². The first-order valence-corrected chi connectivity index (χ1v) is 6.81. The Balaban J connectivity index is 1.97. The lowest BCUT2D eigenvalue weighted by atomic mass is 10.2. The maximum atomic E-state index is 5.63. The molecule has 0 heterocycles. The lowest BCUT2D eigenvalue weighted by molar-refractivity contribution is 0.242. The third-order valence-electron chi connectivity index (χ3n) is 2.89. The molecule has 3 nitrogen and oxygen atoms in total. The monoisotopic (exact) mass is 271 g/mol. The van der Waals surface area contributed by atoms with Crippen molar-refractivity contribution in [3.8, 4) is 11.5 Å². The molecule has 20 heavy (non-hydrogen) atoms. The molecule has 0 fully saturated rings. The third-order valence-corrected chi connectivity index (χ3v) is 2.89. The molecule has 0 spiro atoms.